The van der Waals surface area contributed by atoms with Gasteiger partial charge in [0.25, 0.3) is 0 Å². The second kappa shape index (κ2) is 6.21. The van der Waals surface area contributed by atoms with Crippen LogP contribution in [0.15, 0.2) is 22.8 Å². The largest absolute Gasteiger partial charge is 0.469 e. The Labute approximate surface area is 113 Å². The van der Waals surface area contributed by atoms with E-state index in [-0.39, 0.29) is 11.5 Å². The summed E-state index contributed by atoms with van der Waals surface area (Å²) in [5, 5.41) is 3.50. The zero-order valence-corrected chi connectivity index (χ0v) is 11.6. The van der Waals surface area contributed by atoms with E-state index in [1.54, 1.807) is 6.26 Å². The highest BCUT2D eigenvalue weighted by Gasteiger charge is 2.35. The van der Waals surface area contributed by atoms with E-state index in [1.165, 1.54) is 7.11 Å². The molecule has 0 aromatic carbocycles. The molecular weight excluding hydrogens is 244 g/mol. The lowest BCUT2D eigenvalue weighted by atomic mass is 9.84. The Morgan fingerprint density at radius 1 is 1.53 bits per heavy atom. The van der Waals surface area contributed by atoms with Crippen LogP contribution in [0.3, 0.4) is 0 Å². The van der Waals surface area contributed by atoms with Crippen molar-refractivity contribution in [3.8, 4) is 0 Å². The maximum absolute atomic E-state index is 11.6. The van der Waals surface area contributed by atoms with E-state index in [4.69, 9.17) is 9.15 Å². The number of piperidine rings is 1. The second-order valence-electron chi connectivity index (χ2n) is 5.27. The van der Waals surface area contributed by atoms with Crippen molar-refractivity contribution in [3.63, 3.8) is 0 Å². The molecule has 0 saturated carbocycles. The number of hydrogen-bond acceptors (Lipinski definition) is 5. The van der Waals surface area contributed by atoms with Gasteiger partial charge in [-0.15, -0.1) is 0 Å². The first-order valence-corrected chi connectivity index (χ1v) is 6.66. The van der Waals surface area contributed by atoms with Crippen LogP contribution in [0.1, 0.15) is 25.0 Å². The molecule has 1 aliphatic heterocycles. The minimum absolute atomic E-state index is 0.156. The molecule has 0 spiro atoms. The molecule has 2 heterocycles. The monoisotopic (exact) mass is 266 g/mol. The Bertz CT molecular complexity index is 395. The van der Waals surface area contributed by atoms with Crippen LogP contribution < -0.4 is 5.32 Å². The zero-order chi connectivity index (χ0) is 13.7. The molecule has 106 valence electrons. The molecule has 0 aliphatic carbocycles. The molecule has 2 rings (SSSR count). The lowest BCUT2D eigenvalue weighted by Gasteiger charge is -2.40. The number of nitrogens with zero attached hydrogens (tertiary/aromatic N) is 1. The van der Waals surface area contributed by atoms with Gasteiger partial charge in [-0.2, -0.15) is 0 Å². The molecule has 0 atom stereocenters. The summed E-state index contributed by atoms with van der Waals surface area (Å²) < 4.78 is 10.2. The number of furan rings is 1. The molecule has 1 N–H and O–H groups in total. The number of hydrogen-bond donors (Lipinski definition) is 1. The van der Waals surface area contributed by atoms with Gasteiger partial charge >= 0.3 is 5.97 Å². The van der Waals surface area contributed by atoms with Gasteiger partial charge in [-0.05, 0) is 45.1 Å². The van der Waals surface area contributed by atoms with E-state index in [9.17, 15) is 4.79 Å². The van der Waals surface area contributed by atoms with Gasteiger partial charge in [-0.25, -0.2) is 0 Å². The van der Waals surface area contributed by atoms with Gasteiger partial charge in [0, 0.05) is 5.54 Å². The molecule has 1 aliphatic rings. The zero-order valence-electron chi connectivity index (χ0n) is 11.6. The van der Waals surface area contributed by atoms with Crippen molar-refractivity contribution < 1.29 is 13.9 Å². The minimum Gasteiger partial charge on any atom is -0.469 e. The van der Waals surface area contributed by atoms with Crippen LogP contribution in [0, 0.1) is 0 Å². The Balaban J connectivity index is 1.99. The fraction of sp³-hybridized carbons (Fsp3) is 0.643. The number of likely N-dealkylation sites (tertiary alicyclic amines) is 1. The summed E-state index contributed by atoms with van der Waals surface area (Å²) in [6.45, 7) is 2.62. The van der Waals surface area contributed by atoms with Crippen molar-refractivity contribution in [2.45, 2.75) is 31.3 Å². The Morgan fingerprint density at radius 3 is 2.84 bits per heavy atom. The van der Waals surface area contributed by atoms with E-state index in [2.05, 4.69) is 17.3 Å². The molecule has 1 saturated heterocycles. The SMILES string of the molecule is COC(=O)CC1(NCc2ccco2)CCN(C)CC1. The number of carbonyl (C=O) groups excluding carboxylic acids is 1. The van der Waals surface area contributed by atoms with Gasteiger partial charge in [-0.1, -0.05) is 0 Å². The van der Waals surface area contributed by atoms with E-state index in [1.807, 2.05) is 12.1 Å². The third-order valence-corrected chi connectivity index (χ3v) is 3.87. The number of ether oxygens (including phenoxy) is 1. The smallest absolute Gasteiger partial charge is 0.307 e. The number of nitrogens with one attached hydrogen (secondary N) is 1. The van der Waals surface area contributed by atoms with Crippen LogP contribution >= 0.6 is 0 Å². The van der Waals surface area contributed by atoms with Crippen molar-refractivity contribution >= 4 is 5.97 Å². The molecule has 5 nitrogen and oxygen atoms in total. The third-order valence-electron chi connectivity index (χ3n) is 3.87. The summed E-state index contributed by atoms with van der Waals surface area (Å²) in [4.78, 5) is 13.9. The predicted octanol–water partition coefficient (Wildman–Crippen LogP) is 1.40. The van der Waals surface area contributed by atoms with Crippen LogP contribution in [0.4, 0.5) is 0 Å². The molecule has 1 aromatic heterocycles. The Hall–Kier alpha value is -1.33. The standard InChI is InChI=1S/C14H22N2O3/c1-16-7-5-14(6-8-16,10-13(17)18-2)15-11-12-4-3-9-19-12/h3-4,9,15H,5-8,10-11H2,1-2H3. The van der Waals surface area contributed by atoms with Crippen LogP contribution in [0.5, 0.6) is 0 Å². The lowest BCUT2D eigenvalue weighted by molar-refractivity contribution is -0.143. The maximum Gasteiger partial charge on any atom is 0.307 e. The second-order valence-corrected chi connectivity index (χ2v) is 5.27. The van der Waals surface area contributed by atoms with Crippen molar-refractivity contribution in [2.75, 3.05) is 27.2 Å². The van der Waals surface area contributed by atoms with E-state index < -0.39 is 0 Å². The van der Waals surface area contributed by atoms with Crippen molar-refractivity contribution in [3.05, 3.63) is 24.2 Å². The molecule has 0 unspecified atom stereocenters. The summed E-state index contributed by atoms with van der Waals surface area (Å²) in [6, 6.07) is 3.81. The van der Waals surface area contributed by atoms with E-state index >= 15 is 0 Å². The van der Waals surface area contributed by atoms with Gasteiger partial charge in [-0.3, -0.25) is 4.79 Å². The normalized spacial score (nSPS) is 19.3. The van der Waals surface area contributed by atoms with Gasteiger partial charge in [0.15, 0.2) is 0 Å². The molecule has 1 aromatic rings. The van der Waals surface area contributed by atoms with Crippen molar-refractivity contribution in [1.29, 1.82) is 0 Å². The third kappa shape index (κ3) is 3.81. The fourth-order valence-electron chi connectivity index (χ4n) is 2.50. The highest BCUT2D eigenvalue weighted by molar-refractivity contribution is 5.70. The molecule has 19 heavy (non-hydrogen) atoms. The van der Waals surface area contributed by atoms with Crippen LogP contribution in [-0.4, -0.2) is 43.7 Å². The molecule has 0 amide bonds. The summed E-state index contributed by atoms with van der Waals surface area (Å²) in [7, 11) is 3.55. The predicted molar refractivity (Wildman–Crippen MR) is 71.6 cm³/mol. The first-order chi connectivity index (χ1) is 9.13. The van der Waals surface area contributed by atoms with Crippen LogP contribution in [-0.2, 0) is 16.1 Å². The van der Waals surface area contributed by atoms with Gasteiger partial charge < -0.3 is 19.4 Å². The number of methoxy groups -OCH3 is 1. The number of esters is 1. The molecular formula is C14H22N2O3. The average Bonchev–Trinajstić information content (AvgIpc) is 2.93. The van der Waals surface area contributed by atoms with Gasteiger partial charge in [0.2, 0.25) is 0 Å². The van der Waals surface area contributed by atoms with Crippen molar-refractivity contribution in [1.82, 2.24) is 10.2 Å². The Kier molecular flexibility index (Phi) is 4.61. The maximum atomic E-state index is 11.6. The molecule has 5 heteroatoms. The minimum atomic E-state index is -0.174. The molecule has 0 radical (unpaired) electrons. The topological polar surface area (TPSA) is 54.7 Å². The van der Waals surface area contributed by atoms with Crippen molar-refractivity contribution in [2.24, 2.45) is 0 Å². The lowest BCUT2D eigenvalue weighted by Crippen LogP contribution is -2.53. The number of carbonyl (C=O) groups is 1. The average molecular weight is 266 g/mol. The highest BCUT2D eigenvalue weighted by atomic mass is 16.5. The summed E-state index contributed by atoms with van der Waals surface area (Å²) >= 11 is 0. The van der Waals surface area contributed by atoms with Gasteiger partial charge in [0.1, 0.15) is 5.76 Å². The van der Waals surface area contributed by atoms with Crippen LogP contribution in [0.2, 0.25) is 0 Å². The number of rotatable bonds is 5. The summed E-state index contributed by atoms with van der Waals surface area (Å²) in [5.41, 5.74) is -0.174. The van der Waals surface area contributed by atoms with E-state index in [0.29, 0.717) is 13.0 Å². The Morgan fingerprint density at radius 2 is 2.26 bits per heavy atom. The van der Waals surface area contributed by atoms with Crippen LogP contribution in [0.25, 0.3) is 0 Å². The summed E-state index contributed by atoms with van der Waals surface area (Å²) in [5.74, 6) is 0.736. The fourth-order valence-corrected chi connectivity index (χ4v) is 2.50. The van der Waals surface area contributed by atoms with Gasteiger partial charge in [0.05, 0.1) is 26.3 Å². The molecule has 0 bridgehead atoms. The highest BCUT2D eigenvalue weighted by Crippen LogP contribution is 2.26. The first kappa shape index (κ1) is 14.1. The molecule has 1 fully saturated rings. The quantitative estimate of drug-likeness (QED) is 0.816. The summed E-state index contributed by atoms with van der Waals surface area (Å²) in [6.07, 6.45) is 3.97. The first-order valence-electron chi connectivity index (χ1n) is 6.66. The van der Waals surface area contributed by atoms with E-state index in [0.717, 1.165) is 31.7 Å².